The molecule has 0 radical (unpaired) electrons. The molecule has 0 aliphatic heterocycles. The number of oxime groups is 1. The summed E-state index contributed by atoms with van der Waals surface area (Å²) in [5, 5.41) is 4.75. The Morgan fingerprint density at radius 1 is 1.07 bits per heavy atom. The van der Waals surface area contributed by atoms with Crippen LogP contribution in [0.4, 0.5) is 0 Å². The zero-order valence-electron chi connectivity index (χ0n) is 16.3. The molecule has 0 fully saturated rings. The fourth-order valence-corrected chi connectivity index (χ4v) is 3.25. The quantitative estimate of drug-likeness (QED) is 0.286. The summed E-state index contributed by atoms with van der Waals surface area (Å²) in [6.07, 6.45) is 1.55. The third kappa shape index (κ3) is 5.09. The van der Waals surface area contributed by atoms with Crippen LogP contribution in [0.5, 0.6) is 5.75 Å². The number of rotatable bonds is 7. The molecule has 0 N–H and O–H groups in total. The first-order valence-corrected chi connectivity index (χ1v) is 9.61. The number of nitrogens with zero attached hydrogens (tertiary/aromatic N) is 2. The summed E-state index contributed by atoms with van der Waals surface area (Å²) < 4.78 is 10.7. The van der Waals surface area contributed by atoms with E-state index in [1.165, 1.54) is 14.2 Å². The molecular weight excluding hydrogens is 427 g/mol. The number of methoxy groups -OCH3 is 1. The van der Waals surface area contributed by atoms with E-state index < -0.39 is 5.97 Å². The predicted molar refractivity (Wildman–Crippen MR) is 116 cm³/mol. The summed E-state index contributed by atoms with van der Waals surface area (Å²) in [4.78, 5) is 21.1. The van der Waals surface area contributed by atoms with E-state index in [1.54, 1.807) is 24.4 Å². The van der Waals surface area contributed by atoms with Crippen LogP contribution < -0.4 is 4.74 Å². The highest BCUT2D eigenvalue weighted by molar-refractivity contribution is 6.43. The van der Waals surface area contributed by atoms with E-state index in [-0.39, 0.29) is 12.3 Å². The summed E-state index contributed by atoms with van der Waals surface area (Å²) in [6, 6.07) is 16.2. The molecule has 0 bridgehead atoms. The third-order valence-corrected chi connectivity index (χ3v) is 4.66. The van der Waals surface area contributed by atoms with Crippen LogP contribution in [0.15, 0.2) is 65.9 Å². The van der Waals surface area contributed by atoms with Crippen LogP contribution in [0.3, 0.4) is 0 Å². The Morgan fingerprint density at radius 2 is 1.80 bits per heavy atom. The molecule has 3 rings (SSSR count). The molecule has 0 aliphatic carbocycles. The van der Waals surface area contributed by atoms with E-state index in [4.69, 9.17) is 37.5 Å². The molecule has 0 amide bonds. The van der Waals surface area contributed by atoms with Crippen molar-refractivity contribution in [3.8, 4) is 17.0 Å². The molecule has 3 aromatic rings. The van der Waals surface area contributed by atoms with E-state index in [2.05, 4.69) is 10.1 Å². The summed E-state index contributed by atoms with van der Waals surface area (Å²) in [7, 11) is 2.65. The SMILES string of the molecule is CO/N=C(/C(=O)OC)c1ccccc1COc1ccc(-c2ncc(Cl)cc2Cl)cc1. The van der Waals surface area contributed by atoms with Crippen molar-refractivity contribution < 1.29 is 19.1 Å². The minimum absolute atomic E-state index is 0.0676. The van der Waals surface area contributed by atoms with Crippen molar-refractivity contribution in [1.82, 2.24) is 4.98 Å². The molecule has 8 heteroatoms. The van der Waals surface area contributed by atoms with Gasteiger partial charge >= 0.3 is 5.97 Å². The second kappa shape index (κ2) is 10.1. The highest BCUT2D eigenvalue weighted by Crippen LogP contribution is 2.29. The Hall–Kier alpha value is -3.09. The van der Waals surface area contributed by atoms with Gasteiger partial charge in [-0.25, -0.2) is 4.79 Å². The molecule has 1 heterocycles. The zero-order valence-corrected chi connectivity index (χ0v) is 17.8. The Kier molecular flexibility index (Phi) is 7.27. The molecule has 0 aliphatic rings. The number of benzene rings is 2. The monoisotopic (exact) mass is 444 g/mol. The second-order valence-corrected chi connectivity index (χ2v) is 6.91. The zero-order chi connectivity index (χ0) is 21.5. The maximum absolute atomic E-state index is 12.1. The topological polar surface area (TPSA) is 70.0 Å². The molecule has 30 heavy (non-hydrogen) atoms. The smallest absolute Gasteiger partial charge is 0.360 e. The number of aromatic nitrogens is 1. The van der Waals surface area contributed by atoms with Crippen molar-refractivity contribution in [2.45, 2.75) is 6.61 Å². The van der Waals surface area contributed by atoms with Gasteiger partial charge in [0, 0.05) is 17.3 Å². The van der Waals surface area contributed by atoms with Crippen LogP contribution in [-0.4, -0.2) is 30.9 Å². The van der Waals surface area contributed by atoms with Crippen LogP contribution in [0, 0.1) is 0 Å². The summed E-state index contributed by atoms with van der Waals surface area (Å²) >= 11 is 12.1. The third-order valence-electron chi connectivity index (χ3n) is 4.16. The van der Waals surface area contributed by atoms with E-state index in [0.29, 0.717) is 27.1 Å². The van der Waals surface area contributed by atoms with Gasteiger partial charge in [-0.2, -0.15) is 0 Å². The van der Waals surface area contributed by atoms with Gasteiger partial charge in [0.1, 0.15) is 19.5 Å². The minimum Gasteiger partial charge on any atom is -0.489 e. The Balaban J connectivity index is 1.78. The van der Waals surface area contributed by atoms with Gasteiger partial charge in [-0.3, -0.25) is 4.98 Å². The molecule has 0 atom stereocenters. The number of carbonyl (C=O) groups excluding carboxylic acids is 1. The summed E-state index contributed by atoms with van der Waals surface area (Å²) in [6.45, 7) is 0.217. The maximum atomic E-state index is 12.1. The largest absolute Gasteiger partial charge is 0.489 e. The number of pyridine rings is 1. The highest BCUT2D eigenvalue weighted by atomic mass is 35.5. The molecule has 6 nitrogen and oxygen atoms in total. The summed E-state index contributed by atoms with van der Waals surface area (Å²) in [5.41, 5.74) is 2.87. The lowest BCUT2D eigenvalue weighted by atomic mass is 10.0. The van der Waals surface area contributed by atoms with Gasteiger partial charge in [0.05, 0.1) is 22.8 Å². The normalized spacial score (nSPS) is 11.1. The fraction of sp³-hybridized carbons (Fsp3) is 0.136. The van der Waals surface area contributed by atoms with Gasteiger partial charge in [0.2, 0.25) is 0 Å². The van der Waals surface area contributed by atoms with E-state index >= 15 is 0 Å². The van der Waals surface area contributed by atoms with E-state index in [1.807, 2.05) is 36.4 Å². The molecule has 154 valence electrons. The van der Waals surface area contributed by atoms with Crippen molar-refractivity contribution in [3.63, 3.8) is 0 Å². The number of hydrogen-bond acceptors (Lipinski definition) is 6. The number of hydrogen-bond donors (Lipinski definition) is 0. The molecule has 1 aromatic heterocycles. The number of carbonyl (C=O) groups is 1. The lowest BCUT2D eigenvalue weighted by Crippen LogP contribution is -2.19. The molecule has 0 spiro atoms. The first kappa shape index (κ1) is 21.6. The summed E-state index contributed by atoms with van der Waals surface area (Å²) in [5.74, 6) is 0.0444. The van der Waals surface area contributed by atoms with Gasteiger partial charge < -0.3 is 14.3 Å². The van der Waals surface area contributed by atoms with Crippen LogP contribution in [0.25, 0.3) is 11.3 Å². The van der Waals surface area contributed by atoms with E-state index in [0.717, 1.165) is 11.1 Å². The van der Waals surface area contributed by atoms with Crippen LogP contribution in [0.2, 0.25) is 10.0 Å². The van der Waals surface area contributed by atoms with Gasteiger partial charge in [0.25, 0.3) is 0 Å². The van der Waals surface area contributed by atoms with Gasteiger partial charge in [0.15, 0.2) is 5.71 Å². The lowest BCUT2D eigenvalue weighted by molar-refractivity contribution is -0.132. The highest BCUT2D eigenvalue weighted by Gasteiger charge is 2.19. The van der Waals surface area contributed by atoms with Crippen LogP contribution in [-0.2, 0) is 21.0 Å². The Labute approximate surface area is 184 Å². The van der Waals surface area contributed by atoms with E-state index in [9.17, 15) is 4.79 Å². The molecule has 0 saturated heterocycles. The van der Waals surface area contributed by atoms with Crippen LogP contribution in [0.1, 0.15) is 11.1 Å². The lowest BCUT2D eigenvalue weighted by Gasteiger charge is -2.12. The van der Waals surface area contributed by atoms with Crippen molar-refractivity contribution in [2.24, 2.45) is 5.16 Å². The standard InChI is InChI=1S/C22H18Cl2N2O4/c1-28-22(27)21(26-29-2)18-6-4-3-5-15(18)13-30-17-9-7-14(8-10-17)20-19(24)11-16(23)12-25-20/h3-12H,13H2,1-2H3/b26-21+. The minimum atomic E-state index is -0.596. The molecule has 0 saturated carbocycles. The van der Waals surface area contributed by atoms with Gasteiger partial charge in [-0.05, 0) is 35.9 Å². The Morgan fingerprint density at radius 3 is 2.47 bits per heavy atom. The first-order valence-electron chi connectivity index (χ1n) is 8.85. The predicted octanol–water partition coefficient (Wildman–Crippen LogP) is 5.16. The number of ether oxygens (including phenoxy) is 2. The van der Waals surface area contributed by atoms with Crippen LogP contribution >= 0.6 is 23.2 Å². The molecular formula is C22H18Cl2N2O4. The average molecular weight is 445 g/mol. The maximum Gasteiger partial charge on any atom is 0.360 e. The average Bonchev–Trinajstić information content (AvgIpc) is 2.76. The van der Waals surface area contributed by atoms with Crippen molar-refractivity contribution in [1.29, 1.82) is 0 Å². The number of esters is 1. The first-order chi connectivity index (χ1) is 14.5. The van der Waals surface area contributed by atoms with Gasteiger partial charge in [-0.1, -0.05) is 52.6 Å². The van der Waals surface area contributed by atoms with Crippen molar-refractivity contribution >= 4 is 34.9 Å². The molecule has 0 unspecified atom stereocenters. The second-order valence-electron chi connectivity index (χ2n) is 6.07. The Bertz CT molecular complexity index is 1070. The molecule has 2 aromatic carbocycles. The number of halogens is 2. The van der Waals surface area contributed by atoms with Crippen molar-refractivity contribution in [2.75, 3.05) is 14.2 Å². The van der Waals surface area contributed by atoms with Gasteiger partial charge in [-0.15, -0.1) is 0 Å². The fourth-order valence-electron chi connectivity index (χ4n) is 2.76. The van der Waals surface area contributed by atoms with Crippen molar-refractivity contribution in [3.05, 3.63) is 82.0 Å².